The van der Waals surface area contributed by atoms with Crippen molar-refractivity contribution < 1.29 is 19.1 Å². The van der Waals surface area contributed by atoms with E-state index in [0.29, 0.717) is 17.2 Å². The summed E-state index contributed by atoms with van der Waals surface area (Å²) in [6.45, 7) is 0. The third-order valence-electron chi connectivity index (χ3n) is 3.28. The summed E-state index contributed by atoms with van der Waals surface area (Å²) in [5, 5.41) is 11.6. The van der Waals surface area contributed by atoms with Gasteiger partial charge in [-0.25, -0.2) is 9.18 Å². The van der Waals surface area contributed by atoms with Crippen molar-refractivity contribution in [3.63, 3.8) is 0 Å². The summed E-state index contributed by atoms with van der Waals surface area (Å²) in [6.07, 6.45) is 4.21. The van der Waals surface area contributed by atoms with E-state index in [9.17, 15) is 14.0 Å². The number of rotatable bonds is 6. The van der Waals surface area contributed by atoms with Crippen LogP contribution in [0.5, 0.6) is 0 Å². The fourth-order valence-electron chi connectivity index (χ4n) is 1.95. The smallest absolute Gasteiger partial charge is 0.326 e. The van der Waals surface area contributed by atoms with Crippen molar-refractivity contribution in [3.05, 3.63) is 29.6 Å². The van der Waals surface area contributed by atoms with Crippen LogP contribution in [0.2, 0.25) is 0 Å². The predicted molar refractivity (Wildman–Crippen MR) is 74.4 cm³/mol. The Kier molecular flexibility index (Phi) is 4.65. The number of hydrogen-bond acceptors (Lipinski definition) is 3. The molecule has 0 bridgehead atoms. The van der Waals surface area contributed by atoms with Crippen LogP contribution in [-0.2, 0) is 4.79 Å². The molecule has 0 heterocycles. The van der Waals surface area contributed by atoms with Gasteiger partial charge in [0, 0.05) is 10.5 Å². The van der Waals surface area contributed by atoms with E-state index in [1.165, 1.54) is 30.0 Å². The van der Waals surface area contributed by atoms with Crippen molar-refractivity contribution >= 4 is 23.6 Å². The molecular formula is C14H16FNO3S. The normalized spacial score (nSPS) is 15.7. The third-order valence-corrected chi connectivity index (χ3v) is 4.04. The number of carboxylic acids is 1. The Balaban J connectivity index is 2.07. The van der Waals surface area contributed by atoms with Gasteiger partial charge in [0.25, 0.3) is 5.91 Å². The number of nitrogens with one attached hydrogen (secondary N) is 1. The van der Waals surface area contributed by atoms with Gasteiger partial charge >= 0.3 is 5.97 Å². The number of benzene rings is 1. The lowest BCUT2D eigenvalue weighted by molar-refractivity contribution is -0.139. The summed E-state index contributed by atoms with van der Waals surface area (Å²) in [5.74, 6) is -1.50. The molecule has 1 unspecified atom stereocenters. The molecule has 1 aliphatic carbocycles. The molecule has 2 N–H and O–H groups in total. The Morgan fingerprint density at radius 1 is 1.50 bits per heavy atom. The van der Waals surface area contributed by atoms with E-state index in [-0.39, 0.29) is 11.4 Å². The number of thioether (sulfide) groups is 1. The minimum atomic E-state index is -1.03. The van der Waals surface area contributed by atoms with E-state index in [1.807, 2.05) is 0 Å². The summed E-state index contributed by atoms with van der Waals surface area (Å²) in [7, 11) is 0. The summed E-state index contributed by atoms with van der Waals surface area (Å²) >= 11 is 1.20. The molecule has 1 fully saturated rings. The van der Waals surface area contributed by atoms with Gasteiger partial charge in [-0.2, -0.15) is 0 Å². The van der Waals surface area contributed by atoms with Crippen molar-refractivity contribution in [1.82, 2.24) is 5.32 Å². The highest BCUT2D eigenvalue weighted by Gasteiger charge is 2.30. The SMILES string of the molecule is CSc1cc(C(=O)NC(CC2CC2)C(=O)O)ccc1F. The zero-order valence-electron chi connectivity index (χ0n) is 11.1. The average Bonchev–Trinajstić information content (AvgIpc) is 3.22. The number of hydrogen-bond donors (Lipinski definition) is 2. The molecule has 6 heteroatoms. The molecule has 1 aromatic carbocycles. The second-order valence-electron chi connectivity index (χ2n) is 4.89. The third kappa shape index (κ3) is 3.72. The Morgan fingerprint density at radius 3 is 2.75 bits per heavy atom. The lowest BCUT2D eigenvalue weighted by atomic mass is 10.1. The Labute approximate surface area is 120 Å². The van der Waals surface area contributed by atoms with Crippen LogP contribution in [0.1, 0.15) is 29.6 Å². The van der Waals surface area contributed by atoms with E-state index in [4.69, 9.17) is 5.11 Å². The van der Waals surface area contributed by atoms with Gasteiger partial charge in [-0.15, -0.1) is 11.8 Å². The number of carboxylic acid groups (broad SMARTS) is 1. The average molecular weight is 297 g/mol. The molecule has 108 valence electrons. The van der Waals surface area contributed by atoms with Gasteiger partial charge in [0.05, 0.1) is 0 Å². The highest BCUT2D eigenvalue weighted by molar-refractivity contribution is 7.98. The van der Waals surface area contributed by atoms with Gasteiger partial charge in [-0.05, 0) is 36.8 Å². The highest BCUT2D eigenvalue weighted by Crippen LogP contribution is 2.33. The van der Waals surface area contributed by atoms with Crippen molar-refractivity contribution in [3.8, 4) is 0 Å². The minimum absolute atomic E-state index is 0.276. The minimum Gasteiger partial charge on any atom is -0.480 e. The standard InChI is InChI=1S/C14H16FNO3S/c1-20-12-7-9(4-5-10(12)15)13(17)16-11(14(18)19)6-8-2-3-8/h4-5,7-8,11H,2-3,6H2,1H3,(H,16,17)(H,18,19). The molecule has 0 aliphatic heterocycles. The first kappa shape index (κ1) is 14.8. The Hall–Kier alpha value is -1.56. The van der Waals surface area contributed by atoms with E-state index in [2.05, 4.69) is 5.32 Å². The fourth-order valence-corrected chi connectivity index (χ4v) is 2.46. The topological polar surface area (TPSA) is 66.4 Å². The van der Waals surface area contributed by atoms with Crippen molar-refractivity contribution in [1.29, 1.82) is 0 Å². The van der Waals surface area contributed by atoms with Crippen molar-refractivity contribution in [2.45, 2.75) is 30.2 Å². The first-order chi connectivity index (χ1) is 9.51. The lowest BCUT2D eigenvalue weighted by Crippen LogP contribution is -2.41. The van der Waals surface area contributed by atoms with E-state index in [1.54, 1.807) is 6.26 Å². The van der Waals surface area contributed by atoms with E-state index in [0.717, 1.165) is 12.8 Å². The summed E-state index contributed by atoms with van der Waals surface area (Å²) < 4.78 is 13.4. The molecule has 0 radical (unpaired) electrons. The van der Waals surface area contributed by atoms with E-state index < -0.39 is 17.9 Å². The largest absolute Gasteiger partial charge is 0.480 e. The van der Waals surface area contributed by atoms with Gasteiger partial charge in [0.15, 0.2) is 0 Å². The zero-order valence-corrected chi connectivity index (χ0v) is 11.9. The molecule has 1 atom stereocenters. The fraction of sp³-hybridized carbons (Fsp3) is 0.429. The van der Waals surface area contributed by atoms with Gasteiger partial charge in [0.1, 0.15) is 11.9 Å². The highest BCUT2D eigenvalue weighted by atomic mass is 32.2. The summed E-state index contributed by atoms with van der Waals surface area (Å²) in [6, 6.07) is 3.14. The number of amides is 1. The first-order valence-electron chi connectivity index (χ1n) is 6.38. The van der Waals surface area contributed by atoms with Crippen LogP contribution >= 0.6 is 11.8 Å². The monoisotopic (exact) mass is 297 g/mol. The van der Waals surface area contributed by atoms with Gasteiger partial charge in [-0.1, -0.05) is 12.8 Å². The predicted octanol–water partition coefficient (Wildman–Crippen LogP) is 2.53. The molecule has 2 rings (SSSR count). The number of carbonyl (C=O) groups is 2. The van der Waals surface area contributed by atoms with Crippen LogP contribution in [0.4, 0.5) is 4.39 Å². The molecule has 0 saturated heterocycles. The van der Waals surface area contributed by atoms with Crippen LogP contribution in [0.3, 0.4) is 0 Å². The maximum absolute atomic E-state index is 13.4. The maximum atomic E-state index is 13.4. The lowest BCUT2D eigenvalue weighted by Gasteiger charge is -2.14. The molecule has 1 aliphatic rings. The molecule has 20 heavy (non-hydrogen) atoms. The second kappa shape index (κ2) is 6.26. The van der Waals surface area contributed by atoms with Gasteiger partial charge < -0.3 is 10.4 Å². The van der Waals surface area contributed by atoms with Gasteiger partial charge in [-0.3, -0.25) is 4.79 Å². The maximum Gasteiger partial charge on any atom is 0.326 e. The summed E-state index contributed by atoms with van der Waals surface area (Å²) in [5.41, 5.74) is 0.276. The number of halogens is 1. The quantitative estimate of drug-likeness (QED) is 0.792. The zero-order chi connectivity index (χ0) is 14.7. The molecule has 0 spiro atoms. The molecule has 1 aromatic rings. The molecule has 4 nitrogen and oxygen atoms in total. The molecule has 1 saturated carbocycles. The van der Waals surface area contributed by atoms with Crippen molar-refractivity contribution in [2.75, 3.05) is 6.26 Å². The molecular weight excluding hydrogens is 281 g/mol. The van der Waals surface area contributed by atoms with Crippen LogP contribution in [-0.4, -0.2) is 29.3 Å². The van der Waals surface area contributed by atoms with Gasteiger partial charge in [0.2, 0.25) is 0 Å². The van der Waals surface area contributed by atoms with Crippen LogP contribution in [0, 0.1) is 11.7 Å². The van der Waals surface area contributed by atoms with Crippen molar-refractivity contribution in [2.24, 2.45) is 5.92 Å². The number of aliphatic carboxylic acids is 1. The Morgan fingerprint density at radius 2 is 2.20 bits per heavy atom. The molecule has 0 aromatic heterocycles. The summed E-state index contributed by atoms with van der Waals surface area (Å²) in [4.78, 5) is 23.5. The van der Waals surface area contributed by atoms with Crippen LogP contribution in [0.15, 0.2) is 23.1 Å². The van der Waals surface area contributed by atoms with E-state index >= 15 is 0 Å². The Bertz CT molecular complexity index is 531. The number of carbonyl (C=O) groups excluding carboxylic acids is 1. The second-order valence-corrected chi connectivity index (χ2v) is 5.74. The molecule has 1 amide bonds. The first-order valence-corrected chi connectivity index (χ1v) is 7.61. The van der Waals surface area contributed by atoms with Crippen LogP contribution in [0.25, 0.3) is 0 Å². The van der Waals surface area contributed by atoms with Crippen LogP contribution < -0.4 is 5.32 Å².